The standard InChI is InChI=1S/C14H12F2N2O/c1-8-5-6-9(11(16)7-8)14(19)18-13-10(15)3-2-4-12(13)17/h2-7H,17H2,1H3,(H,18,19). The molecule has 0 aliphatic rings. The Kier molecular flexibility index (Phi) is 3.46. The van der Waals surface area contributed by atoms with E-state index in [1.165, 1.54) is 24.3 Å². The van der Waals surface area contributed by atoms with Gasteiger partial charge in [0.1, 0.15) is 17.3 Å². The number of halogens is 2. The number of hydrogen-bond acceptors (Lipinski definition) is 2. The van der Waals surface area contributed by atoms with Crippen molar-refractivity contribution in [1.82, 2.24) is 0 Å². The molecule has 0 bridgehead atoms. The number of nitrogen functional groups attached to an aromatic ring is 1. The summed E-state index contributed by atoms with van der Waals surface area (Å²) in [6.07, 6.45) is 0. The third-order valence-electron chi connectivity index (χ3n) is 2.65. The van der Waals surface area contributed by atoms with Crippen molar-refractivity contribution in [3.8, 4) is 0 Å². The Morgan fingerprint density at radius 1 is 1.16 bits per heavy atom. The van der Waals surface area contributed by atoms with Crippen molar-refractivity contribution in [2.24, 2.45) is 0 Å². The van der Waals surface area contributed by atoms with Crippen molar-refractivity contribution in [3.63, 3.8) is 0 Å². The number of hydrogen-bond donors (Lipinski definition) is 2. The van der Waals surface area contributed by atoms with E-state index in [0.717, 1.165) is 6.07 Å². The van der Waals surface area contributed by atoms with Gasteiger partial charge in [0.2, 0.25) is 0 Å². The van der Waals surface area contributed by atoms with Crippen LogP contribution in [0.1, 0.15) is 15.9 Å². The normalized spacial score (nSPS) is 10.3. The topological polar surface area (TPSA) is 55.1 Å². The van der Waals surface area contributed by atoms with Crippen molar-refractivity contribution in [3.05, 3.63) is 59.2 Å². The molecule has 2 aromatic rings. The molecular formula is C14H12F2N2O. The molecule has 98 valence electrons. The van der Waals surface area contributed by atoms with Gasteiger partial charge in [-0.05, 0) is 36.8 Å². The molecule has 0 saturated heterocycles. The summed E-state index contributed by atoms with van der Waals surface area (Å²) in [6, 6.07) is 8.22. The van der Waals surface area contributed by atoms with Crippen LogP contribution < -0.4 is 11.1 Å². The van der Waals surface area contributed by atoms with Crippen LogP contribution in [-0.4, -0.2) is 5.91 Å². The number of nitrogens with one attached hydrogen (secondary N) is 1. The van der Waals surface area contributed by atoms with Crippen LogP contribution in [-0.2, 0) is 0 Å². The highest BCUT2D eigenvalue weighted by Gasteiger charge is 2.15. The molecule has 0 heterocycles. The molecule has 2 rings (SSSR count). The van der Waals surface area contributed by atoms with Crippen molar-refractivity contribution >= 4 is 17.3 Å². The van der Waals surface area contributed by atoms with Gasteiger partial charge in [-0.3, -0.25) is 4.79 Å². The minimum atomic E-state index is -0.741. The number of para-hydroxylation sites is 1. The van der Waals surface area contributed by atoms with Crippen LogP contribution in [0, 0.1) is 18.6 Å². The summed E-state index contributed by atoms with van der Waals surface area (Å²) in [5.74, 6) is -2.07. The number of benzene rings is 2. The van der Waals surface area contributed by atoms with E-state index >= 15 is 0 Å². The Morgan fingerprint density at radius 2 is 1.89 bits per heavy atom. The van der Waals surface area contributed by atoms with Crippen LogP contribution in [0.2, 0.25) is 0 Å². The highest BCUT2D eigenvalue weighted by atomic mass is 19.1. The number of carbonyl (C=O) groups excluding carboxylic acids is 1. The number of rotatable bonds is 2. The fraction of sp³-hybridized carbons (Fsp3) is 0.0714. The summed E-state index contributed by atoms with van der Waals surface area (Å²) < 4.78 is 27.1. The molecule has 1 amide bonds. The second-order valence-corrected chi connectivity index (χ2v) is 4.14. The van der Waals surface area contributed by atoms with E-state index in [1.807, 2.05) is 0 Å². The smallest absolute Gasteiger partial charge is 0.258 e. The first kappa shape index (κ1) is 13.0. The van der Waals surface area contributed by atoms with Gasteiger partial charge in [-0.1, -0.05) is 12.1 Å². The molecule has 5 heteroatoms. The van der Waals surface area contributed by atoms with Gasteiger partial charge in [0, 0.05) is 0 Å². The molecule has 0 aliphatic carbocycles. The fourth-order valence-corrected chi connectivity index (χ4v) is 1.66. The third-order valence-corrected chi connectivity index (χ3v) is 2.65. The number of amides is 1. The van der Waals surface area contributed by atoms with Crippen LogP contribution in [0.4, 0.5) is 20.2 Å². The molecule has 0 aliphatic heterocycles. The molecule has 19 heavy (non-hydrogen) atoms. The van der Waals surface area contributed by atoms with Crippen LogP contribution in [0.25, 0.3) is 0 Å². The van der Waals surface area contributed by atoms with E-state index in [9.17, 15) is 13.6 Å². The van der Waals surface area contributed by atoms with Gasteiger partial charge in [-0.15, -0.1) is 0 Å². The predicted molar refractivity (Wildman–Crippen MR) is 69.9 cm³/mol. The lowest BCUT2D eigenvalue weighted by Gasteiger charge is -2.09. The lowest BCUT2D eigenvalue weighted by Crippen LogP contribution is -2.16. The van der Waals surface area contributed by atoms with Gasteiger partial charge in [-0.25, -0.2) is 8.78 Å². The van der Waals surface area contributed by atoms with Gasteiger partial charge in [0.05, 0.1) is 11.3 Å². The molecule has 3 N–H and O–H groups in total. The molecular weight excluding hydrogens is 250 g/mol. The number of anilines is 2. The summed E-state index contributed by atoms with van der Waals surface area (Å²) in [5.41, 5.74) is 6.03. The zero-order chi connectivity index (χ0) is 14.0. The Balaban J connectivity index is 2.31. The Hall–Kier alpha value is -2.43. The fourth-order valence-electron chi connectivity index (χ4n) is 1.66. The molecule has 0 radical (unpaired) electrons. The Bertz CT molecular complexity index is 621. The zero-order valence-electron chi connectivity index (χ0n) is 10.2. The van der Waals surface area contributed by atoms with E-state index in [1.54, 1.807) is 13.0 Å². The molecule has 0 aromatic heterocycles. The van der Waals surface area contributed by atoms with Crippen molar-refractivity contribution in [2.45, 2.75) is 6.92 Å². The van der Waals surface area contributed by atoms with E-state index in [0.29, 0.717) is 5.56 Å². The monoisotopic (exact) mass is 262 g/mol. The van der Waals surface area contributed by atoms with Crippen LogP contribution in [0.15, 0.2) is 36.4 Å². The van der Waals surface area contributed by atoms with E-state index in [4.69, 9.17) is 5.73 Å². The Morgan fingerprint density at radius 3 is 2.53 bits per heavy atom. The molecule has 2 aromatic carbocycles. The zero-order valence-corrected chi connectivity index (χ0v) is 10.2. The van der Waals surface area contributed by atoms with Crippen LogP contribution >= 0.6 is 0 Å². The first-order valence-electron chi connectivity index (χ1n) is 5.60. The number of aryl methyl sites for hydroxylation is 1. The van der Waals surface area contributed by atoms with Gasteiger partial charge in [0.15, 0.2) is 0 Å². The van der Waals surface area contributed by atoms with Crippen LogP contribution in [0.3, 0.4) is 0 Å². The first-order chi connectivity index (χ1) is 8.99. The van der Waals surface area contributed by atoms with Gasteiger partial charge in [0.25, 0.3) is 5.91 Å². The average Bonchev–Trinajstić information content (AvgIpc) is 2.33. The average molecular weight is 262 g/mol. The van der Waals surface area contributed by atoms with Crippen LogP contribution in [0.5, 0.6) is 0 Å². The van der Waals surface area contributed by atoms with E-state index in [-0.39, 0.29) is 16.9 Å². The lowest BCUT2D eigenvalue weighted by molar-refractivity contribution is 0.102. The molecule has 0 fully saturated rings. The molecule has 0 saturated carbocycles. The maximum absolute atomic E-state index is 13.6. The van der Waals surface area contributed by atoms with E-state index in [2.05, 4.69) is 5.32 Å². The minimum absolute atomic E-state index is 0.0841. The summed E-state index contributed by atoms with van der Waals surface area (Å²) >= 11 is 0. The molecule has 3 nitrogen and oxygen atoms in total. The van der Waals surface area contributed by atoms with Gasteiger partial charge >= 0.3 is 0 Å². The van der Waals surface area contributed by atoms with Crippen molar-refractivity contribution in [1.29, 1.82) is 0 Å². The highest BCUT2D eigenvalue weighted by Crippen LogP contribution is 2.23. The molecule has 0 spiro atoms. The Labute approximate surface area is 109 Å². The number of carbonyl (C=O) groups is 1. The largest absolute Gasteiger partial charge is 0.397 e. The second kappa shape index (κ2) is 5.06. The minimum Gasteiger partial charge on any atom is -0.397 e. The van der Waals surface area contributed by atoms with Crippen molar-refractivity contribution < 1.29 is 13.6 Å². The van der Waals surface area contributed by atoms with Gasteiger partial charge < -0.3 is 11.1 Å². The summed E-state index contributed by atoms with van der Waals surface area (Å²) in [5, 5.41) is 2.28. The predicted octanol–water partition coefficient (Wildman–Crippen LogP) is 3.11. The highest BCUT2D eigenvalue weighted by molar-refractivity contribution is 6.06. The maximum Gasteiger partial charge on any atom is 0.258 e. The quantitative estimate of drug-likeness (QED) is 0.817. The van der Waals surface area contributed by atoms with Gasteiger partial charge in [-0.2, -0.15) is 0 Å². The van der Waals surface area contributed by atoms with Crippen molar-refractivity contribution in [2.75, 3.05) is 11.1 Å². The lowest BCUT2D eigenvalue weighted by atomic mass is 10.1. The first-order valence-corrected chi connectivity index (χ1v) is 5.60. The summed E-state index contributed by atoms with van der Waals surface area (Å²) in [7, 11) is 0. The van der Waals surface area contributed by atoms with E-state index < -0.39 is 17.5 Å². The number of nitrogens with two attached hydrogens (primary N) is 1. The summed E-state index contributed by atoms with van der Waals surface area (Å²) in [4.78, 5) is 11.9. The summed E-state index contributed by atoms with van der Waals surface area (Å²) in [6.45, 7) is 1.71. The molecule has 0 unspecified atom stereocenters. The third kappa shape index (κ3) is 2.70. The second-order valence-electron chi connectivity index (χ2n) is 4.14. The SMILES string of the molecule is Cc1ccc(C(=O)Nc2c(N)cccc2F)c(F)c1. The maximum atomic E-state index is 13.6. The molecule has 0 atom stereocenters.